The first-order chi connectivity index (χ1) is 8.72. The van der Waals surface area contributed by atoms with E-state index >= 15 is 0 Å². The van der Waals surface area contributed by atoms with Gasteiger partial charge in [0.2, 0.25) is 0 Å². The highest BCUT2D eigenvalue weighted by molar-refractivity contribution is 5.93. The maximum atomic E-state index is 12.0. The fourth-order valence-corrected chi connectivity index (χ4v) is 1.75. The zero-order valence-corrected chi connectivity index (χ0v) is 10.4. The van der Waals surface area contributed by atoms with Gasteiger partial charge in [-0.25, -0.2) is 0 Å². The van der Waals surface area contributed by atoms with Gasteiger partial charge in [-0.15, -0.1) is 0 Å². The number of ether oxygens (including phenoxy) is 1. The summed E-state index contributed by atoms with van der Waals surface area (Å²) in [5.74, 6) is 0.707. The Bertz CT molecular complexity index is 523. The summed E-state index contributed by atoms with van der Waals surface area (Å²) in [6.07, 6.45) is 3.10. The van der Waals surface area contributed by atoms with E-state index in [0.29, 0.717) is 12.1 Å². The zero-order chi connectivity index (χ0) is 13.0. The van der Waals surface area contributed by atoms with Gasteiger partial charge in [0, 0.05) is 25.4 Å². The van der Waals surface area contributed by atoms with Crippen molar-refractivity contribution in [2.45, 2.75) is 6.54 Å². The first-order valence-corrected chi connectivity index (χ1v) is 5.58. The Balaban J connectivity index is 2.11. The molecule has 2 rings (SSSR count). The third kappa shape index (κ3) is 2.51. The highest BCUT2D eigenvalue weighted by Gasteiger charge is 2.14. The molecule has 1 aromatic carbocycles. The standard InChI is InChI=1S/C13H15N3O2/c1-16(13(17)11-7-14-15-8-11)9-10-5-3-4-6-12(10)18-2/h3-8H,9H2,1-2H3,(H,14,15). The second-order valence-corrected chi connectivity index (χ2v) is 3.96. The lowest BCUT2D eigenvalue weighted by molar-refractivity contribution is 0.0784. The first-order valence-electron chi connectivity index (χ1n) is 5.58. The van der Waals surface area contributed by atoms with E-state index < -0.39 is 0 Å². The molecule has 0 spiro atoms. The van der Waals surface area contributed by atoms with Crippen LogP contribution in [0.15, 0.2) is 36.7 Å². The molecule has 0 bridgehead atoms. The van der Waals surface area contributed by atoms with E-state index in [1.807, 2.05) is 24.3 Å². The Hall–Kier alpha value is -2.30. The number of aromatic amines is 1. The van der Waals surface area contributed by atoms with Crippen molar-refractivity contribution in [2.24, 2.45) is 0 Å². The van der Waals surface area contributed by atoms with Crippen LogP contribution in [0.25, 0.3) is 0 Å². The van der Waals surface area contributed by atoms with Crippen LogP contribution in [0.2, 0.25) is 0 Å². The minimum absolute atomic E-state index is 0.0744. The third-order valence-corrected chi connectivity index (χ3v) is 2.69. The Kier molecular flexibility index (Phi) is 3.62. The van der Waals surface area contributed by atoms with Gasteiger partial charge in [-0.2, -0.15) is 5.10 Å². The minimum Gasteiger partial charge on any atom is -0.496 e. The molecule has 0 saturated heterocycles. The number of carbonyl (C=O) groups is 1. The molecule has 0 fully saturated rings. The van der Waals surface area contributed by atoms with Crippen LogP contribution in [0.5, 0.6) is 5.75 Å². The minimum atomic E-state index is -0.0744. The number of H-pyrrole nitrogens is 1. The number of rotatable bonds is 4. The Morgan fingerprint density at radius 3 is 2.89 bits per heavy atom. The fourth-order valence-electron chi connectivity index (χ4n) is 1.75. The first kappa shape index (κ1) is 12.2. The van der Waals surface area contributed by atoms with Gasteiger partial charge < -0.3 is 9.64 Å². The summed E-state index contributed by atoms with van der Waals surface area (Å²) < 4.78 is 5.26. The second-order valence-electron chi connectivity index (χ2n) is 3.96. The molecule has 2 aromatic rings. The molecule has 0 aliphatic rings. The van der Waals surface area contributed by atoms with E-state index in [2.05, 4.69) is 10.2 Å². The van der Waals surface area contributed by atoms with Gasteiger partial charge >= 0.3 is 0 Å². The average Bonchev–Trinajstić information content (AvgIpc) is 2.92. The van der Waals surface area contributed by atoms with Crippen molar-refractivity contribution in [2.75, 3.05) is 14.2 Å². The summed E-state index contributed by atoms with van der Waals surface area (Å²) >= 11 is 0. The monoisotopic (exact) mass is 245 g/mol. The number of hydrogen-bond donors (Lipinski definition) is 1. The van der Waals surface area contributed by atoms with Crippen molar-refractivity contribution in [3.8, 4) is 5.75 Å². The summed E-state index contributed by atoms with van der Waals surface area (Å²) in [6.45, 7) is 0.494. The van der Waals surface area contributed by atoms with Crippen LogP contribution < -0.4 is 4.74 Å². The number of carbonyl (C=O) groups excluding carboxylic acids is 1. The highest BCUT2D eigenvalue weighted by Crippen LogP contribution is 2.19. The Morgan fingerprint density at radius 2 is 2.22 bits per heavy atom. The largest absolute Gasteiger partial charge is 0.496 e. The molecule has 94 valence electrons. The molecule has 5 heteroatoms. The van der Waals surface area contributed by atoms with Gasteiger partial charge in [-0.1, -0.05) is 18.2 Å². The van der Waals surface area contributed by atoms with E-state index in [9.17, 15) is 4.79 Å². The van der Waals surface area contributed by atoms with Crippen molar-refractivity contribution in [1.82, 2.24) is 15.1 Å². The lowest BCUT2D eigenvalue weighted by Crippen LogP contribution is -2.26. The number of aromatic nitrogens is 2. The molecule has 1 N–H and O–H groups in total. The Labute approximate surface area is 105 Å². The molecule has 0 aliphatic heterocycles. The molecule has 5 nitrogen and oxygen atoms in total. The molecule has 0 aliphatic carbocycles. The van der Waals surface area contributed by atoms with Gasteiger partial charge in [-0.05, 0) is 6.07 Å². The number of hydrogen-bond acceptors (Lipinski definition) is 3. The number of amides is 1. The van der Waals surface area contributed by atoms with E-state index in [1.54, 1.807) is 25.3 Å². The summed E-state index contributed by atoms with van der Waals surface area (Å²) in [7, 11) is 3.37. The quantitative estimate of drug-likeness (QED) is 0.891. The normalized spacial score (nSPS) is 10.1. The summed E-state index contributed by atoms with van der Waals surface area (Å²) in [4.78, 5) is 13.7. The number of methoxy groups -OCH3 is 1. The molecular formula is C13H15N3O2. The molecule has 18 heavy (non-hydrogen) atoms. The number of para-hydroxylation sites is 1. The summed E-state index contributed by atoms with van der Waals surface area (Å²) in [5.41, 5.74) is 1.52. The lowest BCUT2D eigenvalue weighted by atomic mass is 10.2. The highest BCUT2D eigenvalue weighted by atomic mass is 16.5. The lowest BCUT2D eigenvalue weighted by Gasteiger charge is -2.18. The van der Waals surface area contributed by atoms with Crippen molar-refractivity contribution in [3.05, 3.63) is 47.8 Å². The van der Waals surface area contributed by atoms with Crippen LogP contribution in [-0.4, -0.2) is 35.2 Å². The smallest absolute Gasteiger partial charge is 0.257 e. The van der Waals surface area contributed by atoms with Gasteiger partial charge in [-0.3, -0.25) is 9.89 Å². The maximum absolute atomic E-state index is 12.0. The fraction of sp³-hybridized carbons (Fsp3) is 0.231. The van der Waals surface area contributed by atoms with Crippen molar-refractivity contribution >= 4 is 5.91 Å². The predicted octanol–water partition coefficient (Wildman–Crippen LogP) is 1.69. The SMILES string of the molecule is COc1ccccc1CN(C)C(=O)c1cn[nH]c1. The molecule has 1 heterocycles. The summed E-state index contributed by atoms with van der Waals surface area (Å²) in [5, 5.41) is 6.40. The average molecular weight is 245 g/mol. The van der Waals surface area contributed by atoms with Crippen LogP contribution in [0.3, 0.4) is 0 Å². The van der Waals surface area contributed by atoms with E-state index in [0.717, 1.165) is 11.3 Å². The van der Waals surface area contributed by atoms with Gasteiger partial charge in [0.1, 0.15) is 5.75 Å². The van der Waals surface area contributed by atoms with Gasteiger partial charge in [0.15, 0.2) is 0 Å². The van der Waals surface area contributed by atoms with E-state index in [-0.39, 0.29) is 5.91 Å². The summed E-state index contributed by atoms with van der Waals surface area (Å²) in [6, 6.07) is 7.65. The molecular weight excluding hydrogens is 230 g/mol. The Morgan fingerprint density at radius 1 is 1.44 bits per heavy atom. The predicted molar refractivity (Wildman–Crippen MR) is 67.4 cm³/mol. The van der Waals surface area contributed by atoms with Crippen LogP contribution in [0.1, 0.15) is 15.9 Å². The zero-order valence-electron chi connectivity index (χ0n) is 10.4. The van der Waals surface area contributed by atoms with Crippen molar-refractivity contribution in [1.29, 1.82) is 0 Å². The van der Waals surface area contributed by atoms with Gasteiger partial charge in [0.05, 0.1) is 18.9 Å². The topological polar surface area (TPSA) is 58.2 Å². The van der Waals surface area contributed by atoms with Crippen molar-refractivity contribution < 1.29 is 9.53 Å². The third-order valence-electron chi connectivity index (χ3n) is 2.69. The van der Waals surface area contributed by atoms with E-state index in [4.69, 9.17) is 4.74 Å². The van der Waals surface area contributed by atoms with Crippen LogP contribution in [0.4, 0.5) is 0 Å². The molecule has 1 aromatic heterocycles. The molecule has 1 amide bonds. The van der Waals surface area contributed by atoms with Crippen LogP contribution in [-0.2, 0) is 6.54 Å². The molecule has 0 saturated carbocycles. The maximum Gasteiger partial charge on any atom is 0.257 e. The molecule has 0 radical (unpaired) electrons. The van der Waals surface area contributed by atoms with Gasteiger partial charge in [0.25, 0.3) is 5.91 Å². The number of nitrogens with zero attached hydrogens (tertiary/aromatic N) is 2. The van der Waals surface area contributed by atoms with Crippen LogP contribution >= 0.6 is 0 Å². The number of nitrogens with one attached hydrogen (secondary N) is 1. The molecule has 0 unspecified atom stereocenters. The van der Waals surface area contributed by atoms with Crippen LogP contribution in [0, 0.1) is 0 Å². The van der Waals surface area contributed by atoms with Crippen molar-refractivity contribution in [3.63, 3.8) is 0 Å². The van der Waals surface area contributed by atoms with E-state index in [1.165, 1.54) is 6.20 Å². The molecule has 0 atom stereocenters. The second kappa shape index (κ2) is 5.35. The number of benzene rings is 1.